The number of carbonyl (C=O) groups excluding carboxylic acids is 2. The first-order valence-corrected chi connectivity index (χ1v) is 22.0. The Morgan fingerprint density at radius 1 is 1.02 bits per heavy atom. The minimum Gasteiger partial charge on any atom is -0.497 e. The Labute approximate surface area is 332 Å². The van der Waals surface area contributed by atoms with Gasteiger partial charge in [-0.2, -0.15) is 5.10 Å². The summed E-state index contributed by atoms with van der Waals surface area (Å²) in [4.78, 5) is 35.1. The lowest BCUT2D eigenvalue weighted by atomic mass is 9.78. The summed E-state index contributed by atoms with van der Waals surface area (Å²) in [6.45, 7) is 14.5. The Hall–Kier alpha value is -4.42. The lowest BCUT2D eigenvalue weighted by molar-refractivity contribution is -0.115. The van der Waals surface area contributed by atoms with E-state index in [2.05, 4.69) is 60.2 Å². The molecule has 2 bridgehead atoms. The molecule has 12 heteroatoms. The maximum atomic E-state index is 14.6. The zero-order chi connectivity index (χ0) is 39.9. The maximum absolute atomic E-state index is 14.6. The number of methoxy groups -OCH3 is 1. The van der Waals surface area contributed by atoms with Crippen LogP contribution in [0.3, 0.4) is 0 Å². The highest BCUT2D eigenvalue weighted by atomic mass is 32.2. The molecule has 5 aliphatic rings. The first-order valence-electron chi connectivity index (χ1n) is 20.3. The van der Waals surface area contributed by atoms with Gasteiger partial charge in [0.05, 0.1) is 30.3 Å². The highest BCUT2D eigenvalue weighted by molar-refractivity contribution is 7.90. The number of allylic oxidation sites excluding steroid dienone is 3. The Kier molecular flexibility index (Phi) is 11.5. The fourth-order valence-electron chi connectivity index (χ4n) is 9.39. The van der Waals surface area contributed by atoms with Crippen molar-refractivity contribution in [3.63, 3.8) is 0 Å². The number of likely N-dealkylation sites (N-methyl/N-ethyl adjacent to an activating group) is 1. The normalized spacial score (nSPS) is 23.8. The van der Waals surface area contributed by atoms with Gasteiger partial charge < -0.3 is 14.5 Å². The van der Waals surface area contributed by atoms with Crippen molar-refractivity contribution < 1.29 is 22.7 Å². The van der Waals surface area contributed by atoms with Crippen LogP contribution in [0.4, 0.5) is 0 Å². The number of aromatic nitrogens is 2. The molecule has 7 rings (SSSR count). The second-order valence-corrected chi connectivity index (χ2v) is 18.7. The number of carbonyl (C=O) groups is 2. The molecule has 1 saturated carbocycles. The van der Waals surface area contributed by atoms with E-state index in [0.29, 0.717) is 43.8 Å². The number of nitrogens with zero attached hydrogens (tertiary/aromatic N) is 5. The summed E-state index contributed by atoms with van der Waals surface area (Å²) in [5.41, 5.74) is 7.45. The van der Waals surface area contributed by atoms with E-state index >= 15 is 0 Å². The largest absolute Gasteiger partial charge is 0.497 e. The number of ether oxygens (including phenoxy) is 1. The van der Waals surface area contributed by atoms with Gasteiger partial charge >= 0.3 is 0 Å². The molecule has 5 heterocycles. The SMILES string of the molecule is C=C1/C=C\C(C(=O)NS(=O)(=O)CC(C)C)=C/CN2CC(c3c(C(=O)N4C[C@H]5CC[C@@H](C4)N5C)cnn3C(C)C)=Cc3cc(OC)ccc3C2=C1C1CCCCC1. The molecule has 3 fully saturated rings. The molecule has 2 aromatic rings. The lowest BCUT2D eigenvalue weighted by Gasteiger charge is -2.39. The number of amides is 2. The zero-order valence-electron chi connectivity index (χ0n) is 33.9. The van der Waals surface area contributed by atoms with E-state index in [1.807, 2.05) is 41.6 Å². The number of sulfonamides is 1. The molecular weight excluding hydrogens is 725 g/mol. The molecular formula is C44H58N6O5S. The Bertz CT molecular complexity index is 2100. The number of benzene rings is 1. The number of rotatable bonds is 9. The van der Waals surface area contributed by atoms with Crippen LogP contribution in [-0.2, 0) is 14.8 Å². The first-order chi connectivity index (χ1) is 26.7. The second-order valence-electron chi connectivity index (χ2n) is 16.9. The van der Waals surface area contributed by atoms with Crippen molar-refractivity contribution in [1.82, 2.24) is 29.2 Å². The smallest absolute Gasteiger partial charge is 0.264 e. The Morgan fingerprint density at radius 3 is 2.39 bits per heavy atom. The molecule has 0 radical (unpaired) electrons. The van der Waals surface area contributed by atoms with Gasteiger partial charge in [0.25, 0.3) is 11.8 Å². The van der Waals surface area contributed by atoms with Crippen molar-refractivity contribution in [2.75, 3.05) is 46.1 Å². The number of hydrogen-bond donors (Lipinski definition) is 1. The molecule has 0 unspecified atom stereocenters. The highest BCUT2D eigenvalue weighted by Crippen LogP contribution is 2.44. The van der Waals surface area contributed by atoms with Gasteiger partial charge in [0.2, 0.25) is 10.0 Å². The standard InChI is InChI=1S/C44H58N6O5S/c1-28(2)27-56(53,54)46-43(51)32-14-13-30(5)40(31-11-9-8-10-12-31)42-38-18-17-37(55-7)22-33(38)21-34(24-48(42)20-19-32)41-39(23-45-50(41)29(3)4)44(52)49-25-35-15-16-36(26-49)47(35)6/h13-14,17-19,21-23,28-29,31,35-36H,5,8-12,15-16,20,24-27H2,1-4,6-7H3,(H,46,51)/b14-13-,32-19+,42-40?/t35-,36+. The van der Waals surface area contributed by atoms with Crippen molar-refractivity contribution in [1.29, 1.82) is 0 Å². The fraction of sp³-hybridized carbons (Fsp3) is 0.523. The third-order valence-corrected chi connectivity index (χ3v) is 13.7. The zero-order valence-corrected chi connectivity index (χ0v) is 34.7. The van der Waals surface area contributed by atoms with Gasteiger partial charge in [-0.15, -0.1) is 0 Å². The van der Waals surface area contributed by atoms with Crippen LogP contribution in [0.5, 0.6) is 5.75 Å². The van der Waals surface area contributed by atoms with E-state index in [-0.39, 0.29) is 35.1 Å². The maximum Gasteiger partial charge on any atom is 0.264 e. The molecule has 2 amide bonds. The number of hydrogen-bond acceptors (Lipinski definition) is 8. The number of likely N-dealkylation sites (tertiary alicyclic amines) is 1. The predicted molar refractivity (Wildman–Crippen MR) is 222 cm³/mol. The van der Waals surface area contributed by atoms with E-state index in [0.717, 1.165) is 83.5 Å². The molecule has 2 atom stereocenters. The van der Waals surface area contributed by atoms with Crippen molar-refractivity contribution in [3.05, 3.63) is 88.3 Å². The third kappa shape index (κ3) is 8.05. The molecule has 1 aromatic carbocycles. The van der Waals surface area contributed by atoms with Gasteiger partial charge in [0.15, 0.2) is 0 Å². The summed E-state index contributed by atoms with van der Waals surface area (Å²) in [6, 6.07) is 6.83. The third-order valence-electron chi connectivity index (χ3n) is 12.1. The summed E-state index contributed by atoms with van der Waals surface area (Å²) in [5, 5.41) is 4.86. The molecule has 4 aliphatic heterocycles. The molecule has 1 aromatic heterocycles. The minimum absolute atomic E-state index is 0.00456. The molecule has 1 N–H and O–H groups in total. The molecule has 0 spiro atoms. The van der Waals surface area contributed by atoms with Gasteiger partial charge in [0.1, 0.15) is 5.75 Å². The van der Waals surface area contributed by atoms with Gasteiger partial charge in [-0.25, -0.2) is 13.1 Å². The summed E-state index contributed by atoms with van der Waals surface area (Å²) in [7, 11) is -0.00700. The summed E-state index contributed by atoms with van der Waals surface area (Å²) < 4.78 is 35.9. The van der Waals surface area contributed by atoms with Crippen LogP contribution >= 0.6 is 0 Å². The van der Waals surface area contributed by atoms with Crippen molar-refractivity contribution in [2.24, 2.45) is 11.8 Å². The summed E-state index contributed by atoms with van der Waals surface area (Å²) in [6.07, 6.45) is 17.0. The monoisotopic (exact) mass is 782 g/mol. The Morgan fingerprint density at radius 2 is 1.73 bits per heavy atom. The average molecular weight is 783 g/mol. The number of fused-ring (bicyclic) bond motifs is 5. The van der Waals surface area contributed by atoms with E-state index in [9.17, 15) is 18.0 Å². The van der Waals surface area contributed by atoms with Crippen molar-refractivity contribution >= 4 is 39.2 Å². The van der Waals surface area contributed by atoms with Crippen LogP contribution in [0, 0.1) is 11.8 Å². The average Bonchev–Trinajstić information content (AvgIpc) is 3.63. The number of nitrogens with one attached hydrogen (secondary N) is 1. The highest BCUT2D eigenvalue weighted by Gasteiger charge is 2.41. The second kappa shape index (κ2) is 16.2. The minimum atomic E-state index is -3.85. The summed E-state index contributed by atoms with van der Waals surface area (Å²) in [5.74, 6) is -0.00546. The van der Waals surface area contributed by atoms with E-state index < -0.39 is 15.9 Å². The Balaban J connectivity index is 1.38. The number of piperazine rings is 1. The molecule has 300 valence electrons. The van der Waals surface area contributed by atoms with Gasteiger partial charge in [-0.1, -0.05) is 51.8 Å². The molecule has 2 saturated heterocycles. The van der Waals surface area contributed by atoms with Gasteiger partial charge in [-0.05, 0) is 111 Å². The van der Waals surface area contributed by atoms with Crippen molar-refractivity contribution in [3.8, 4) is 5.75 Å². The van der Waals surface area contributed by atoms with Crippen LogP contribution < -0.4 is 9.46 Å². The van der Waals surface area contributed by atoms with Crippen LogP contribution in [0.1, 0.15) is 106 Å². The molecule has 11 nitrogen and oxygen atoms in total. The summed E-state index contributed by atoms with van der Waals surface area (Å²) >= 11 is 0. The molecule has 1 aliphatic carbocycles. The quantitative estimate of drug-likeness (QED) is 0.299. The van der Waals surface area contributed by atoms with Crippen LogP contribution in [-0.4, -0.2) is 103 Å². The van der Waals surface area contributed by atoms with E-state index in [1.54, 1.807) is 19.4 Å². The van der Waals surface area contributed by atoms with Gasteiger partial charge in [-0.3, -0.25) is 19.2 Å². The van der Waals surface area contributed by atoms with Crippen molar-refractivity contribution in [2.45, 2.75) is 90.8 Å². The van der Waals surface area contributed by atoms with Crippen LogP contribution in [0.2, 0.25) is 0 Å². The van der Waals surface area contributed by atoms with E-state index in [1.165, 1.54) is 6.42 Å². The van der Waals surface area contributed by atoms with Crippen LogP contribution in [0.15, 0.2) is 65.9 Å². The predicted octanol–water partition coefficient (Wildman–Crippen LogP) is 6.69. The topological polar surface area (TPSA) is 117 Å². The molecule has 56 heavy (non-hydrogen) atoms. The fourth-order valence-corrected chi connectivity index (χ4v) is 10.8. The van der Waals surface area contributed by atoms with Crippen LogP contribution in [0.25, 0.3) is 17.3 Å². The first kappa shape index (κ1) is 39.8. The lowest BCUT2D eigenvalue weighted by Crippen LogP contribution is -2.53. The van der Waals surface area contributed by atoms with E-state index in [4.69, 9.17) is 9.84 Å². The van der Waals surface area contributed by atoms with Gasteiger partial charge in [0, 0.05) is 61.1 Å².